The Balaban J connectivity index is 2.23. The van der Waals surface area contributed by atoms with Crippen LogP contribution in [0.1, 0.15) is 17.0 Å². The van der Waals surface area contributed by atoms with Crippen molar-refractivity contribution in [1.82, 2.24) is 10.2 Å². The lowest BCUT2D eigenvalue weighted by molar-refractivity contribution is -0.384. The molecule has 2 N–H and O–H groups in total. The van der Waals surface area contributed by atoms with Crippen LogP contribution in [-0.2, 0) is 6.54 Å². The number of hydrogen-bond donors (Lipinski definition) is 2. The number of aromatic amines is 1. The molecule has 2 aromatic rings. The van der Waals surface area contributed by atoms with E-state index in [1.165, 1.54) is 0 Å². The summed E-state index contributed by atoms with van der Waals surface area (Å²) in [4.78, 5) is 10.6. The number of nitro groups is 1. The minimum absolute atomic E-state index is 0.0346. The Hall–Kier alpha value is -1.89. The lowest BCUT2D eigenvalue weighted by atomic mass is 10.2. The number of para-hydroxylation sites is 1. The Morgan fingerprint density at radius 3 is 2.79 bits per heavy atom. The summed E-state index contributed by atoms with van der Waals surface area (Å²) >= 11 is 3.19. The van der Waals surface area contributed by atoms with Crippen LogP contribution in [0, 0.1) is 24.0 Å². The van der Waals surface area contributed by atoms with Crippen LogP contribution in [0.2, 0.25) is 0 Å². The Labute approximate surface area is 118 Å². The van der Waals surface area contributed by atoms with Gasteiger partial charge in [0.25, 0.3) is 0 Å². The first-order chi connectivity index (χ1) is 9.00. The maximum Gasteiger partial charge on any atom is 0.306 e. The Bertz CT molecular complexity index is 624. The second kappa shape index (κ2) is 5.40. The normalized spacial score (nSPS) is 10.5. The SMILES string of the molecule is Cc1[nH]nc(CNc2cccc(Br)c2[N+](=O)[O-])c1C. The molecule has 1 aromatic carbocycles. The molecule has 19 heavy (non-hydrogen) atoms. The van der Waals surface area contributed by atoms with Gasteiger partial charge < -0.3 is 5.32 Å². The summed E-state index contributed by atoms with van der Waals surface area (Å²) in [5.41, 5.74) is 3.42. The Morgan fingerprint density at radius 2 is 2.21 bits per heavy atom. The molecule has 7 heteroatoms. The molecular weight excluding hydrogens is 312 g/mol. The molecule has 0 radical (unpaired) electrons. The van der Waals surface area contributed by atoms with E-state index in [1.54, 1.807) is 18.2 Å². The Morgan fingerprint density at radius 1 is 1.47 bits per heavy atom. The quantitative estimate of drug-likeness (QED) is 0.667. The fourth-order valence-corrected chi connectivity index (χ4v) is 2.24. The van der Waals surface area contributed by atoms with Gasteiger partial charge in [-0.3, -0.25) is 15.2 Å². The van der Waals surface area contributed by atoms with Crippen LogP contribution in [0.25, 0.3) is 0 Å². The van der Waals surface area contributed by atoms with E-state index in [1.807, 2.05) is 13.8 Å². The minimum atomic E-state index is -0.408. The summed E-state index contributed by atoms with van der Waals surface area (Å²) in [5, 5.41) is 21.1. The topological polar surface area (TPSA) is 83.8 Å². The van der Waals surface area contributed by atoms with Gasteiger partial charge in [-0.1, -0.05) is 6.07 Å². The van der Waals surface area contributed by atoms with Crippen LogP contribution in [0.15, 0.2) is 22.7 Å². The molecule has 0 unspecified atom stereocenters. The maximum atomic E-state index is 11.0. The zero-order chi connectivity index (χ0) is 14.0. The number of rotatable bonds is 4. The van der Waals surface area contributed by atoms with Crippen molar-refractivity contribution in [2.75, 3.05) is 5.32 Å². The van der Waals surface area contributed by atoms with E-state index >= 15 is 0 Å². The highest BCUT2D eigenvalue weighted by molar-refractivity contribution is 9.10. The molecule has 0 saturated heterocycles. The van der Waals surface area contributed by atoms with Gasteiger partial charge in [0.2, 0.25) is 0 Å². The number of aryl methyl sites for hydroxylation is 1. The third-order valence-corrected chi connectivity index (χ3v) is 3.61. The Kier molecular flexibility index (Phi) is 3.84. The van der Waals surface area contributed by atoms with Crippen LogP contribution in [-0.4, -0.2) is 15.1 Å². The van der Waals surface area contributed by atoms with Crippen molar-refractivity contribution < 1.29 is 4.92 Å². The highest BCUT2D eigenvalue weighted by atomic mass is 79.9. The van der Waals surface area contributed by atoms with E-state index in [4.69, 9.17) is 0 Å². The van der Waals surface area contributed by atoms with Crippen molar-refractivity contribution in [3.05, 3.63) is 49.7 Å². The van der Waals surface area contributed by atoms with Crippen LogP contribution in [0.4, 0.5) is 11.4 Å². The molecule has 0 aliphatic heterocycles. The van der Waals surface area contributed by atoms with E-state index in [0.717, 1.165) is 17.0 Å². The molecule has 0 bridgehead atoms. The van der Waals surface area contributed by atoms with Gasteiger partial charge in [0.05, 0.1) is 21.6 Å². The van der Waals surface area contributed by atoms with Crippen molar-refractivity contribution in [1.29, 1.82) is 0 Å². The smallest absolute Gasteiger partial charge is 0.306 e. The average molecular weight is 325 g/mol. The van der Waals surface area contributed by atoms with Crippen LogP contribution < -0.4 is 5.32 Å². The number of hydrogen-bond acceptors (Lipinski definition) is 4. The van der Waals surface area contributed by atoms with Gasteiger partial charge in [0.15, 0.2) is 0 Å². The average Bonchev–Trinajstić information content (AvgIpc) is 2.67. The van der Waals surface area contributed by atoms with Crippen molar-refractivity contribution in [2.45, 2.75) is 20.4 Å². The number of H-pyrrole nitrogens is 1. The predicted molar refractivity (Wildman–Crippen MR) is 76.2 cm³/mol. The fraction of sp³-hybridized carbons (Fsp3) is 0.250. The number of anilines is 1. The first-order valence-electron chi connectivity index (χ1n) is 5.68. The molecule has 0 amide bonds. The summed E-state index contributed by atoms with van der Waals surface area (Å²) in [6, 6.07) is 5.08. The summed E-state index contributed by atoms with van der Waals surface area (Å²) in [5.74, 6) is 0. The van der Waals surface area contributed by atoms with Crippen molar-refractivity contribution in [3.63, 3.8) is 0 Å². The zero-order valence-electron chi connectivity index (χ0n) is 10.5. The second-order valence-electron chi connectivity index (χ2n) is 4.17. The minimum Gasteiger partial charge on any atom is -0.374 e. The van der Waals surface area contributed by atoms with Gasteiger partial charge in [0.1, 0.15) is 5.69 Å². The number of nitrogens with zero attached hydrogens (tertiary/aromatic N) is 2. The lowest BCUT2D eigenvalue weighted by Crippen LogP contribution is -2.04. The predicted octanol–water partition coefficient (Wildman–Crippen LogP) is 3.31. The highest BCUT2D eigenvalue weighted by Crippen LogP contribution is 2.32. The van der Waals surface area contributed by atoms with Crippen molar-refractivity contribution in [3.8, 4) is 0 Å². The third kappa shape index (κ3) is 2.76. The first-order valence-corrected chi connectivity index (χ1v) is 6.47. The molecule has 0 aliphatic carbocycles. The van der Waals surface area contributed by atoms with Crippen LogP contribution in [0.5, 0.6) is 0 Å². The largest absolute Gasteiger partial charge is 0.374 e. The molecule has 0 fully saturated rings. The lowest BCUT2D eigenvalue weighted by Gasteiger charge is -2.07. The van der Waals surface area contributed by atoms with Crippen LogP contribution >= 0.6 is 15.9 Å². The summed E-state index contributed by atoms with van der Waals surface area (Å²) in [6.45, 7) is 4.34. The molecule has 0 spiro atoms. The number of nitrogens with one attached hydrogen (secondary N) is 2. The molecule has 2 rings (SSSR count). The molecule has 6 nitrogen and oxygen atoms in total. The summed E-state index contributed by atoms with van der Waals surface area (Å²) in [6.07, 6.45) is 0. The van der Waals surface area contributed by atoms with E-state index in [9.17, 15) is 10.1 Å². The summed E-state index contributed by atoms with van der Waals surface area (Å²) < 4.78 is 0.456. The van der Waals surface area contributed by atoms with Gasteiger partial charge in [-0.25, -0.2) is 0 Å². The first kappa shape index (κ1) is 13.5. The van der Waals surface area contributed by atoms with Crippen molar-refractivity contribution in [2.24, 2.45) is 0 Å². The summed E-state index contributed by atoms with van der Waals surface area (Å²) in [7, 11) is 0. The number of aromatic nitrogens is 2. The number of halogens is 1. The standard InChI is InChI=1S/C12H13BrN4O2/c1-7-8(2)15-16-11(7)6-14-10-5-3-4-9(13)12(10)17(18)19/h3-5,14H,6H2,1-2H3,(H,15,16). The van der Waals surface area contributed by atoms with Gasteiger partial charge >= 0.3 is 5.69 Å². The molecular formula is C12H13BrN4O2. The third-order valence-electron chi connectivity index (χ3n) is 2.97. The monoisotopic (exact) mass is 324 g/mol. The molecule has 0 atom stereocenters. The number of benzene rings is 1. The van der Waals surface area contributed by atoms with Gasteiger partial charge in [-0.15, -0.1) is 0 Å². The molecule has 1 aromatic heterocycles. The van der Waals surface area contributed by atoms with Gasteiger partial charge in [0, 0.05) is 5.69 Å². The second-order valence-corrected chi connectivity index (χ2v) is 5.02. The molecule has 100 valence electrons. The highest BCUT2D eigenvalue weighted by Gasteiger charge is 2.18. The van der Waals surface area contributed by atoms with E-state index in [2.05, 4.69) is 31.4 Å². The van der Waals surface area contributed by atoms with Crippen molar-refractivity contribution >= 4 is 27.3 Å². The van der Waals surface area contributed by atoms with E-state index in [-0.39, 0.29) is 5.69 Å². The van der Waals surface area contributed by atoms with Crippen LogP contribution in [0.3, 0.4) is 0 Å². The maximum absolute atomic E-state index is 11.0. The van der Waals surface area contributed by atoms with E-state index < -0.39 is 4.92 Å². The molecule has 0 saturated carbocycles. The molecule has 0 aliphatic rings. The molecule has 1 heterocycles. The van der Waals surface area contributed by atoms with E-state index in [0.29, 0.717) is 16.7 Å². The zero-order valence-corrected chi connectivity index (χ0v) is 12.1. The number of nitro benzene ring substituents is 1. The fourth-order valence-electron chi connectivity index (χ4n) is 1.73. The van der Waals surface area contributed by atoms with Gasteiger partial charge in [-0.2, -0.15) is 5.10 Å². The van der Waals surface area contributed by atoms with Gasteiger partial charge in [-0.05, 0) is 47.5 Å².